The van der Waals surface area contributed by atoms with Crippen LogP contribution in [0.25, 0.3) is 0 Å². The Morgan fingerprint density at radius 2 is 0.975 bits per heavy atom. The second kappa shape index (κ2) is 16.0. The first-order chi connectivity index (χ1) is 19.4. The van der Waals surface area contributed by atoms with Crippen molar-refractivity contribution in [1.82, 2.24) is 0 Å². The summed E-state index contributed by atoms with van der Waals surface area (Å²) in [7, 11) is 0. The molecule has 3 rings (SSSR count). The van der Waals surface area contributed by atoms with E-state index in [2.05, 4.69) is 13.2 Å². The molecule has 0 heterocycles. The van der Waals surface area contributed by atoms with Crippen molar-refractivity contribution in [3.05, 3.63) is 85.0 Å². The third kappa shape index (κ3) is 10.2. The molecule has 0 bridgehead atoms. The zero-order chi connectivity index (χ0) is 28.7. The van der Waals surface area contributed by atoms with Gasteiger partial charge >= 0.3 is 23.9 Å². The molecule has 8 nitrogen and oxygen atoms in total. The fourth-order valence-electron chi connectivity index (χ4n) is 4.43. The molecule has 0 N–H and O–H groups in total. The molecule has 0 amide bonds. The van der Waals surface area contributed by atoms with Crippen molar-refractivity contribution in [3.8, 4) is 11.5 Å². The van der Waals surface area contributed by atoms with Crippen LogP contribution in [-0.4, -0.2) is 37.1 Å². The number of rotatable bonds is 14. The summed E-state index contributed by atoms with van der Waals surface area (Å²) >= 11 is 0. The summed E-state index contributed by atoms with van der Waals surface area (Å²) in [6.07, 6.45) is 7.38. The number of carbonyl (C=O) groups excluding carboxylic acids is 4. The lowest BCUT2D eigenvalue weighted by molar-refractivity contribution is -0.145. The van der Waals surface area contributed by atoms with Crippen molar-refractivity contribution in [1.29, 1.82) is 0 Å². The lowest BCUT2D eigenvalue weighted by Gasteiger charge is -2.25. The first kappa shape index (κ1) is 30.3. The summed E-state index contributed by atoms with van der Waals surface area (Å²) in [5.74, 6) is -0.988. The molecule has 1 aliphatic rings. The maximum absolute atomic E-state index is 12.7. The Balaban J connectivity index is 1.35. The van der Waals surface area contributed by atoms with Gasteiger partial charge in [0.05, 0.1) is 25.0 Å². The number of carbonyl (C=O) groups is 4. The van der Waals surface area contributed by atoms with Gasteiger partial charge in [-0.2, -0.15) is 0 Å². The fourth-order valence-corrected chi connectivity index (χ4v) is 4.43. The van der Waals surface area contributed by atoms with Crippen molar-refractivity contribution < 1.29 is 38.1 Å². The van der Waals surface area contributed by atoms with Crippen LogP contribution in [0, 0.1) is 11.8 Å². The Bertz CT molecular complexity index is 1060. The van der Waals surface area contributed by atoms with Crippen molar-refractivity contribution in [3.63, 3.8) is 0 Å². The van der Waals surface area contributed by atoms with Crippen LogP contribution in [-0.2, 0) is 41.5 Å². The Kier molecular flexibility index (Phi) is 12.2. The molecule has 0 radical (unpaired) electrons. The minimum absolute atomic E-state index is 0.256. The van der Waals surface area contributed by atoms with E-state index >= 15 is 0 Å². The number of esters is 4. The summed E-state index contributed by atoms with van der Waals surface area (Å²) in [5, 5.41) is 0. The Morgan fingerprint density at radius 1 is 0.625 bits per heavy atom. The second-order valence-electron chi connectivity index (χ2n) is 9.63. The molecule has 212 valence electrons. The zero-order valence-corrected chi connectivity index (χ0v) is 22.7. The van der Waals surface area contributed by atoms with E-state index in [9.17, 15) is 19.2 Å². The van der Waals surface area contributed by atoms with E-state index in [-0.39, 0.29) is 23.8 Å². The molecule has 2 aromatic carbocycles. The molecule has 1 aliphatic carbocycles. The van der Waals surface area contributed by atoms with Gasteiger partial charge in [0.15, 0.2) is 0 Å². The van der Waals surface area contributed by atoms with Gasteiger partial charge in [0.1, 0.15) is 11.5 Å². The predicted molar refractivity (Wildman–Crippen MR) is 149 cm³/mol. The van der Waals surface area contributed by atoms with E-state index < -0.39 is 11.9 Å². The normalized spacial score (nSPS) is 16.3. The molecule has 0 unspecified atom stereocenters. The zero-order valence-electron chi connectivity index (χ0n) is 22.7. The molecule has 1 fully saturated rings. The van der Waals surface area contributed by atoms with Crippen LogP contribution in [0.1, 0.15) is 49.7 Å². The maximum Gasteiger partial charge on any atom is 0.330 e. The maximum atomic E-state index is 12.7. The second-order valence-corrected chi connectivity index (χ2v) is 9.63. The SMILES string of the molecule is C=CC(=O)OCCCc1ccc(OC(=O)C2CCC(C(=O)Oc3ccc(CCCOC(=O)C=C)cc3)CC2)cc1. The highest BCUT2D eigenvalue weighted by Crippen LogP contribution is 2.31. The molecule has 0 aromatic heterocycles. The molecule has 2 aromatic rings. The first-order valence-corrected chi connectivity index (χ1v) is 13.6. The van der Waals surface area contributed by atoms with Gasteiger partial charge in [0.2, 0.25) is 0 Å². The van der Waals surface area contributed by atoms with Gasteiger partial charge in [0, 0.05) is 12.2 Å². The number of aryl methyl sites for hydroxylation is 2. The summed E-state index contributed by atoms with van der Waals surface area (Å²) < 4.78 is 21.1. The molecule has 0 saturated heterocycles. The van der Waals surface area contributed by atoms with Crippen LogP contribution >= 0.6 is 0 Å². The molecule has 0 atom stereocenters. The third-order valence-corrected chi connectivity index (χ3v) is 6.72. The summed E-state index contributed by atoms with van der Waals surface area (Å²) in [6, 6.07) is 14.6. The Labute approximate surface area is 235 Å². The minimum atomic E-state index is -0.433. The van der Waals surface area contributed by atoms with Crippen LogP contribution in [0.4, 0.5) is 0 Å². The average molecular weight is 549 g/mol. The van der Waals surface area contributed by atoms with Crippen LogP contribution < -0.4 is 9.47 Å². The molecular weight excluding hydrogens is 512 g/mol. The molecular formula is C32H36O8. The van der Waals surface area contributed by atoms with Gasteiger partial charge in [-0.05, 0) is 86.8 Å². The highest BCUT2D eigenvalue weighted by atomic mass is 16.5. The average Bonchev–Trinajstić information content (AvgIpc) is 2.98. The van der Waals surface area contributed by atoms with E-state index in [0.29, 0.717) is 63.2 Å². The van der Waals surface area contributed by atoms with E-state index in [0.717, 1.165) is 36.1 Å². The Morgan fingerprint density at radius 3 is 1.30 bits per heavy atom. The number of benzene rings is 2. The van der Waals surface area contributed by atoms with Gasteiger partial charge in [-0.1, -0.05) is 37.4 Å². The van der Waals surface area contributed by atoms with E-state index in [1.54, 1.807) is 24.3 Å². The van der Waals surface area contributed by atoms with E-state index in [1.165, 1.54) is 0 Å². The lowest BCUT2D eigenvalue weighted by atomic mass is 9.82. The monoisotopic (exact) mass is 548 g/mol. The van der Waals surface area contributed by atoms with Crippen LogP contribution in [0.5, 0.6) is 11.5 Å². The third-order valence-electron chi connectivity index (χ3n) is 6.72. The van der Waals surface area contributed by atoms with Crippen LogP contribution in [0.15, 0.2) is 73.8 Å². The highest BCUT2D eigenvalue weighted by Gasteiger charge is 2.32. The van der Waals surface area contributed by atoms with Gasteiger partial charge in [0.25, 0.3) is 0 Å². The number of hydrogen-bond acceptors (Lipinski definition) is 8. The largest absolute Gasteiger partial charge is 0.463 e. The quantitative estimate of drug-likeness (QED) is 0.135. The van der Waals surface area contributed by atoms with Crippen molar-refractivity contribution in [2.45, 2.75) is 51.4 Å². The van der Waals surface area contributed by atoms with E-state index in [4.69, 9.17) is 18.9 Å². The van der Waals surface area contributed by atoms with Crippen molar-refractivity contribution in [2.75, 3.05) is 13.2 Å². The molecule has 0 spiro atoms. The summed E-state index contributed by atoms with van der Waals surface area (Å²) in [5.41, 5.74) is 2.10. The van der Waals surface area contributed by atoms with Gasteiger partial charge < -0.3 is 18.9 Å². The van der Waals surface area contributed by atoms with Crippen molar-refractivity contribution in [2.24, 2.45) is 11.8 Å². The predicted octanol–water partition coefficient (Wildman–Crippen LogP) is 5.33. The van der Waals surface area contributed by atoms with E-state index in [1.807, 2.05) is 24.3 Å². The summed E-state index contributed by atoms with van der Waals surface area (Å²) in [6.45, 7) is 7.36. The standard InChI is InChI=1S/C32H36O8/c1-3-29(33)37-21-5-7-23-9-17-27(18-10-23)39-31(35)25-13-15-26(16-14-25)32(36)40-28-19-11-24(12-20-28)8-6-22-38-30(34)4-2/h3-4,9-12,17-20,25-26H,1-2,5-8,13-16,21-22H2. The fraction of sp³-hybridized carbons (Fsp3) is 0.375. The number of ether oxygens (including phenoxy) is 4. The molecule has 0 aliphatic heterocycles. The first-order valence-electron chi connectivity index (χ1n) is 13.6. The topological polar surface area (TPSA) is 105 Å². The summed E-state index contributed by atoms with van der Waals surface area (Å²) in [4.78, 5) is 47.5. The van der Waals surface area contributed by atoms with Gasteiger partial charge in [-0.25, -0.2) is 9.59 Å². The van der Waals surface area contributed by atoms with Crippen molar-refractivity contribution >= 4 is 23.9 Å². The highest BCUT2D eigenvalue weighted by molar-refractivity contribution is 5.81. The smallest absolute Gasteiger partial charge is 0.330 e. The van der Waals surface area contributed by atoms with Crippen LogP contribution in [0.3, 0.4) is 0 Å². The Hall–Kier alpha value is -4.20. The van der Waals surface area contributed by atoms with Gasteiger partial charge in [-0.3, -0.25) is 9.59 Å². The molecule has 8 heteroatoms. The molecule has 1 saturated carbocycles. The van der Waals surface area contributed by atoms with Gasteiger partial charge in [-0.15, -0.1) is 0 Å². The minimum Gasteiger partial charge on any atom is -0.463 e. The number of hydrogen-bond donors (Lipinski definition) is 0. The molecule has 40 heavy (non-hydrogen) atoms. The van der Waals surface area contributed by atoms with Crippen LogP contribution in [0.2, 0.25) is 0 Å². The lowest BCUT2D eigenvalue weighted by Crippen LogP contribution is -2.30.